The number of carbonyl (C=O) groups is 1. The van der Waals surface area contributed by atoms with Crippen molar-refractivity contribution in [2.45, 2.75) is 19.8 Å². The van der Waals surface area contributed by atoms with E-state index in [1.165, 1.54) is 0 Å². The van der Waals surface area contributed by atoms with Gasteiger partial charge in [-0.15, -0.1) is 0 Å². The minimum Gasteiger partial charge on any atom is -0.356 e. The number of hydrogen-bond donors (Lipinski definition) is 1. The Bertz CT molecular complexity index is 1400. The summed E-state index contributed by atoms with van der Waals surface area (Å²) in [6.45, 7) is 4.59. The molecule has 3 heterocycles. The molecule has 186 valence electrons. The predicted molar refractivity (Wildman–Crippen MR) is 147 cm³/mol. The van der Waals surface area contributed by atoms with Crippen molar-refractivity contribution in [3.63, 3.8) is 0 Å². The molecule has 0 atom stereocenters. The zero-order chi connectivity index (χ0) is 25.2. The van der Waals surface area contributed by atoms with E-state index in [-0.39, 0.29) is 12.5 Å². The summed E-state index contributed by atoms with van der Waals surface area (Å²) >= 11 is 12.9. The monoisotopic (exact) mass is 522 g/mol. The molecule has 1 fully saturated rings. The predicted octanol–water partition coefficient (Wildman–Crippen LogP) is 5.54. The summed E-state index contributed by atoms with van der Waals surface area (Å²) in [5, 5.41) is 9.21. The van der Waals surface area contributed by atoms with Gasteiger partial charge in [-0.1, -0.05) is 53.5 Å². The maximum absolute atomic E-state index is 12.3. The van der Waals surface area contributed by atoms with Gasteiger partial charge in [-0.3, -0.25) is 4.79 Å². The third-order valence-electron chi connectivity index (χ3n) is 6.39. The van der Waals surface area contributed by atoms with Gasteiger partial charge in [0, 0.05) is 43.3 Å². The van der Waals surface area contributed by atoms with Crippen molar-refractivity contribution < 1.29 is 4.79 Å². The highest BCUT2D eigenvalue weighted by atomic mass is 35.5. The molecule has 9 heteroatoms. The summed E-state index contributed by atoms with van der Waals surface area (Å²) in [6.07, 6.45) is 2.24. The molecule has 1 N–H and O–H groups in total. The lowest BCUT2D eigenvalue weighted by Gasteiger charge is -2.23. The van der Waals surface area contributed by atoms with E-state index in [9.17, 15) is 4.79 Å². The molecule has 0 radical (unpaired) electrons. The molecule has 2 aromatic carbocycles. The largest absolute Gasteiger partial charge is 0.356 e. The van der Waals surface area contributed by atoms with Crippen molar-refractivity contribution in [2.24, 2.45) is 0 Å². The van der Waals surface area contributed by atoms with E-state index in [0.717, 1.165) is 54.1 Å². The summed E-state index contributed by atoms with van der Waals surface area (Å²) in [6, 6.07) is 17.4. The van der Waals surface area contributed by atoms with Crippen LogP contribution in [0.15, 0.2) is 54.6 Å². The van der Waals surface area contributed by atoms with Gasteiger partial charge in [0.2, 0.25) is 5.91 Å². The molecular formula is C27H28Cl2N6O. The Hall–Kier alpha value is -3.29. The summed E-state index contributed by atoms with van der Waals surface area (Å²) in [5.41, 5.74) is 4.09. The Morgan fingerprint density at radius 2 is 1.81 bits per heavy atom. The highest BCUT2D eigenvalue weighted by Gasteiger charge is 2.25. The number of aromatic nitrogens is 3. The first-order valence-electron chi connectivity index (χ1n) is 12.1. The smallest absolute Gasteiger partial charge is 0.239 e. The van der Waals surface area contributed by atoms with Crippen molar-refractivity contribution >= 4 is 46.4 Å². The minimum atomic E-state index is -0.0485. The van der Waals surface area contributed by atoms with Crippen LogP contribution in [0.1, 0.15) is 19.8 Å². The number of carbonyl (C=O) groups excluding carboxylic acids is 1. The van der Waals surface area contributed by atoms with E-state index < -0.39 is 0 Å². The van der Waals surface area contributed by atoms with Gasteiger partial charge < -0.3 is 15.1 Å². The molecule has 0 aliphatic carbocycles. The second-order valence-corrected chi connectivity index (χ2v) is 9.77. The first kappa shape index (κ1) is 24.4. The van der Waals surface area contributed by atoms with Gasteiger partial charge in [-0.2, -0.15) is 9.61 Å². The number of halogens is 2. The topological polar surface area (TPSA) is 65.8 Å². The van der Waals surface area contributed by atoms with E-state index in [1.54, 1.807) is 0 Å². The van der Waals surface area contributed by atoms with Crippen LogP contribution in [0.25, 0.3) is 28.0 Å². The van der Waals surface area contributed by atoms with Crippen LogP contribution in [0.2, 0.25) is 10.0 Å². The highest BCUT2D eigenvalue weighted by Crippen LogP contribution is 2.40. The van der Waals surface area contributed by atoms with Crippen LogP contribution in [0.5, 0.6) is 0 Å². The van der Waals surface area contributed by atoms with Crippen molar-refractivity contribution in [3.05, 3.63) is 64.6 Å². The van der Waals surface area contributed by atoms with Crippen LogP contribution in [-0.4, -0.2) is 53.7 Å². The molecule has 0 unspecified atom stereocenters. The normalized spacial score (nSPS) is 13.4. The van der Waals surface area contributed by atoms with E-state index in [4.69, 9.17) is 33.3 Å². The van der Waals surface area contributed by atoms with Crippen molar-refractivity contribution in [2.75, 3.05) is 43.0 Å². The highest BCUT2D eigenvalue weighted by molar-refractivity contribution is 6.33. The molecule has 7 nitrogen and oxygen atoms in total. The molecule has 0 saturated carbocycles. The lowest BCUT2D eigenvalue weighted by Crippen LogP contribution is -2.35. The number of anilines is 2. The van der Waals surface area contributed by atoms with Crippen LogP contribution >= 0.6 is 23.2 Å². The van der Waals surface area contributed by atoms with Gasteiger partial charge in [-0.05, 0) is 43.5 Å². The molecule has 1 aliphatic rings. The summed E-state index contributed by atoms with van der Waals surface area (Å²) in [4.78, 5) is 21.6. The first-order chi connectivity index (χ1) is 17.5. The maximum atomic E-state index is 12.3. The number of fused-ring (bicyclic) bond motifs is 1. The second kappa shape index (κ2) is 10.4. The lowest BCUT2D eigenvalue weighted by molar-refractivity contribution is -0.119. The van der Waals surface area contributed by atoms with Crippen LogP contribution in [0, 0.1) is 0 Å². The van der Waals surface area contributed by atoms with Gasteiger partial charge in [0.15, 0.2) is 5.65 Å². The average Bonchev–Trinajstić information content (AvgIpc) is 3.53. The minimum absolute atomic E-state index is 0.0485. The molecule has 5 rings (SSSR count). The molecule has 0 bridgehead atoms. The molecule has 0 spiro atoms. The van der Waals surface area contributed by atoms with Crippen molar-refractivity contribution in [3.8, 4) is 22.4 Å². The molecular weight excluding hydrogens is 495 g/mol. The lowest BCUT2D eigenvalue weighted by atomic mass is 10.0. The molecule has 1 amide bonds. The number of nitrogens with one attached hydrogen (secondary N) is 1. The zero-order valence-electron chi connectivity index (χ0n) is 20.3. The van der Waals surface area contributed by atoms with Crippen molar-refractivity contribution in [1.29, 1.82) is 0 Å². The molecule has 1 saturated heterocycles. The van der Waals surface area contributed by atoms with E-state index in [2.05, 4.69) is 10.2 Å². The fraction of sp³-hybridized carbons (Fsp3) is 0.296. The van der Waals surface area contributed by atoms with Crippen LogP contribution in [0.4, 0.5) is 11.6 Å². The summed E-state index contributed by atoms with van der Waals surface area (Å²) in [5.74, 6) is 1.60. The number of rotatable bonds is 7. The Labute approximate surface area is 220 Å². The SMILES string of the molecule is CCNC(=O)CN(C)c1cc(N2CCCC2)n2nc(-c3ccccc3Cl)c(-c3ccc(Cl)cc3)c2n1. The molecule has 4 aromatic rings. The maximum Gasteiger partial charge on any atom is 0.239 e. The van der Waals surface area contributed by atoms with Crippen LogP contribution < -0.4 is 15.1 Å². The third kappa shape index (κ3) is 4.73. The zero-order valence-corrected chi connectivity index (χ0v) is 21.9. The molecule has 1 aliphatic heterocycles. The Morgan fingerprint density at radius 3 is 2.50 bits per heavy atom. The van der Waals surface area contributed by atoms with Crippen LogP contribution in [-0.2, 0) is 4.79 Å². The van der Waals surface area contributed by atoms with Gasteiger partial charge in [0.05, 0.1) is 17.1 Å². The first-order valence-corrected chi connectivity index (χ1v) is 12.9. The van der Waals surface area contributed by atoms with Crippen molar-refractivity contribution in [1.82, 2.24) is 19.9 Å². The molecule has 36 heavy (non-hydrogen) atoms. The van der Waals surface area contributed by atoms with Crippen LogP contribution in [0.3, 0.4) is 0 Å². The quantitative estimate of drug-likeness (QED) is 0.345. The van der Waals surface area contributed by atoms with Gasteiger partial charge in [0.1, 0.15) is 17.3 Å². The van der Waals surface area contributed by atoms with E-state index >= 15 is 0 Å². The number of amides is 1. The fourth-order valence-electron chi connectivity index (χ4n) is 4.63. The van der Waals surface area contributed by atoms with E-state index in [1.807, 2.05) is 78.0 Å². The Kier molecular flexibility index (Phi) is 7.03. The Morgan fingerprint density at radius 1 is 1.08 bits per heavy atom. The number of likely N-dealkylation sites (N-methyl/N-ethyl adjacent to an activating group) is 2. The number of hydrogen-bond acceptors (Lipinski definition) is 5. The number of nitrogens with zero attached hydrogens (tertiary/aromatic N) is 5. The van der Waals surface area contributed by atoms with E-state index in [0.29, 0.717) is 28.1 Å². The number of benzene rings is 2. The fourth-order valence-corrected chi connectivity index (χ4v) is 4.98. The summed E-state index contributed by atoms with van der Waals surface area (Å²) < 4.78 is 1.91. The molecule has 2 aromatic heterocycles. The summed E-state index contributed by atoms with van der Waals surface area (Å²) in [7, 11) is 1.88. The standard InChI is InChI=1S/C27H28Cl2N6O/c1-3-30-23(36)17-33(2)22-16-24(34-14-6-7-15-34)35-27(31-22)25(18-10-12-19(28)13-11-18)26(32-35)20-8-4-5-9-21(20)29/h4-5,8-13,16H,3,6-7,14-15,17H2,1-2H3,(H,30,36). The second-order valence-electron chi connectivity index (χ2n) is 8.92. The average molecular weight is 523 g/mol. The third-order valence-corrected chi connectivity index (χ3v) is 6.98. The Balaban J connectivity index is 1.77. The van der Waals surface area contributed by atoms with Gasteiger partial charge in [-0.25, -0.2) is 4.98 Å². The van der Waals surface area contributed by atoms with Gasteiger partial charge >= 0.3 is 0 Å². The van der Waals surface area contributed by atoms with Gasteiger partial charge in [0.25, 0.3) is 0 Å².